The molecule has 148 valence electrons. The van der Waals surface area contributed by atoms with Crippen molar-refractivity contribution < 1.29 is 18.3 Å². The molecule has 0 saturated heterocycles. The summed E-state index contributed by atoms with van der Waals surface area (Å²) in [6, 6.07) is 5.01. The second-order valence-corrected chi connectivity index (χ2v) is 6.86. The molecule has 0 saturated carbocycles. The van der Waals surface area contributed by atoms with Crippen LogP contribution in [0.25, 0.3) is 28.0 Å². The van der Waals surface area contributed by atoms with Crippen LogP contribution < -0.4 is 0 Å². The predicted molar refractivity (Wildman–Crippen MR) is 104 cm³/mol. The number of carbonyl (C=O) groups excluding carboxylic acids is 1. The molecule has 0 N–H and O–H groups in total. The first-order chi connectivity index (χ1) is 13.8. The second kappa shape index (κ2) is 6.97. The van der Waals surface area contributed by atoms with Crippen molar-refractivity contribution in [3.63, 3.8) is 0 Å². The summed E-state index contributed by atoms with van der Waals surface area (Å²) in [6.07, 6.45) is 3.21. The standard InChI is InChI=1S/C20H15ClF2N4O2/c1-10-14(9-26(2)25-10)13-7-12(22)8-15(23)17(13)18-19(21)27-5-4-11(20(28)29-3)6-16(27)24-18/h4-9H,1-3H3. The number of aromatic nitrogens is 4. The highest BCUT2D eigenvalue weighted by Crippen LogP contribution is 2.39. The monoisotopic (exact) mass is 416 g/mol. The minimum Gasteiger partial charge on any atom is -0.465 e. The third kappa shape index (κ3) is 3.15. The van der Waals surface area contributed by atoms with E-state index in [2.05, 4.69) is 10.1 Å². The summed E-state index contributed by atoms with van der Waals surface area (Å²) in [5.41, 5.74) is 2.23. The molecule has 1 aromatic carbocycles. The van der Waals surface area contributed by atoms with Gasteiger partial charge in [0.1, 0.15) is 28.1 Å². The van der Waals surface area contributed by atoms with Gasteiger partial charge in [0.25, 0.3) is 0 Å². The van der Waals surface area contributed by atoms with E-state index in [1.54, 1.807) is 24.9 Å². The Morgan fingerprint density at radius 1 is 1.21 bits per heavy atom. The molecule has 3 heterocycles. The summed E-state index contributed by atoms with van der Waals surface area (Å²) in [4.78, 5) is 16.2. The van der Waals surface area contributed by atoms with Gasteiger partial charge in [-0.3, -0.25) is 9.08 Å². The molecule has 3 aromatic heterocycles. The highest BCUT2D eigenvalue weighted by atomic mass is 35.5. The fraction of sp³-hybridized carbons (Fsp3) is 0.150. The zero-order chi connectivity index (χ0) is 20.9. The zero-order valence-corrected chi connectivity index (χ0v) is 16.5. The lowest BCUT2D eigenvalue weighted by molar-refractivity contribution is 0.0600. The van der Waals surface area contributed by atoms with Crippen molar-refractivity contribution in [3.8, 4) is 22.4 Å². The molecule has 6 nitrogen and oxygen atoms in total. The van der Waals surface area contributed by atoms with E-state index in [1.165, 1.54) is 35.9 Å². The van der Waals surface area contributed by atoms with Crippen LogP contribution in [0, 0.1) is 18.6 Å². The number of ether oxygens (including phenoxy) is 1. The first-order valence-corrected chi connectivity index (χ1v) is 8.94. The molecule has 0 radical (unpaired) electrons. The Labute approximate surface area is 169 Å². The van der Waals surface area contributed by atoms with E-state index in [4.69, 9.17) is 16.3 Å². The van der Waals surface area contributed by atoms with Gasteiger partial charge in [0, 0.05) is 42.2 Å². The Hall–Kier alpha value is -3.26. The molecule has 4 aromatic rings. The van der Waals surface area contributed by atoms with Gasteiger partial charge in [0.2, 0.25) is 0 Å². The lowest BCUT2D eigenvalue weighted by Crippen LogP contribution is -2.01. The quantitative estimate of drug-likeness (QED) is 0.463. The molecule has 0 unspecified atom stereocenters. The van der Waals surface area contributed by atoms with Crippen molar-refractivity contribution in [2.75, 3.05) is 7.11 Å². The van der Waals surface area contributed by atoms with Gasteiger partial charge in [-0.25, -0.2) is 18.6 Å². The number of rotatable bonds is 3. The Morgan fingerprint density at radius 3 is 2.62 bits per heavy atom. The molecule has 0 aliphatic heterocycles. The predicted octanol–water partition coefficient (Wildman–Crippen LogP) is 4.43. The Kier molecular flexibility index (Phi) is 4.58. The number of carbonyl (C=O) groups is 1. The summed E-state index contributed by atoms with van der Waals surface area (Å²) < 4.78 is 36.8. The van der Waals surface area contributed by atoms with Crippen LogP contribution in [0.5, 0.6) is 0 Å². The summed E-state index contributed by atoms with van der Waals surface area (Å²) in [6.45, 7) is 1.75. The minimum atomic E-state index is -0.804. The maximum Gasteiger partial charge on any atom is 0.338 e. The van der Waals surface area contributed by atoms with Gasteiger partial charge in [0.05, 0.1) is 18.4 Å². The van der Waals surface area contributed by atoms with E-state index in [0.29, 0.717) is 16.9 Å². The van der Waals surface area contributed by atoms with E-state index in [0.717, 1.165) is 6.07 Å². The minimum absolute atomic E-state index is 0.0517. The van der Waals surface area contributed by atoms with E-state index < -0.39 is 17.6 Å². The van der Waals surface area contributed by atoms with Crippen LogP contribution in [0.3, 0.4) is 0 Å². The molecule has 0 spiro atoms. The van der Waals surface area contributed by atoms with Crippen LogP contribution in [0.15, 0.2) is 36.7 Å². The number of aryl methyl sites for hydroxylation is 2. The maximum absolute atomic E-state index is 14.9. The lowest BCUT2D eigenvalue weighted by Gasteiger charge is -2.09. The van der Waals surface area contributed by atoms with Crippen LogP contribution in [0.4, 0.5) is 8.78 Å². The normalized spacial score (nSPS) is 11.2. The largest absolute Gasteiger partial charge is 0.465 e. The number of hydrogen-bond acceptors (Lipinski definition) is 4. The Morgan fingerprint density at radius 2 is 1.97 bits per heavy atom. The van der Waals surface area contributed by atoms with Crippen molar-refractivity contribution >= 4 is 23.2 Å². The number of pyridine rings is 1. The number of esters is 1. The second-order valence-electron chi connectivity index (χ2n) is 6.50. The molecule has 29 heavy (non-hydrogen) atoms. The van der Waals surface area contributed by atoms with Gasteiger partial charge in [-0.15, -0.1) is 0 Å². The highest BCUT2D eigenvalue weighted by Gasteiger charge is 2.23. The molecule has 0 atom stereocenters. The van der Waals surface area contributed by atoms with Crippen molar-refractivity contribution in [2.24, 2.45) is 7.05 Å². The Bertz CT molecular complexity index is 1280. The first-order valence-electron chi connectivity index (χ1n) is 8.56. The van der Waals surface area contributed by atoms with Gasteiger partial charge in [0.15, 0.2) is 0 Å². The lowest BCUT2D eigenvalue weighted by atomic mass is 9.97. The fourth-order valence-electron chi connectivity index (χ4n) is 3.31. The van der Waals surface area contributed by atoms with Crippen molar-refractivity contribution in [3.05, 3.63) is 64.7 Å². The molecular formula is C20H15ClF2N4O2. The number of halogens is 3. The third-order valence-corrected chi connectivity index (χ3v) is 4.95. The third-order valence-electron chi connectivity index (χ3n) is 4.58. The van der Waals surface area contributed by atoms with Crippen molar-refractivity contribution in [1.82, 2.24) is 19.2 Å². The summed E-state index contributed by atoms with van der Waals surface area (Å²) in [5, 5.41) is 4.38. The van der Waals surface area contributed by atoms with Crippen LogP contribution in [0.2, 0.25) is 5.15 Å². The summed E-state index contributed by atoms with van der Waals surface area (Å²) in [5.74, 6) is -2.06. The Balaban J connectivity index is 2.00. The number of methoxy groups -OCH3 is 1. The number of hydrogen-bond donors (Lipinski definition) is 0. The maximum atomic E-state index is 14.9. The molecule has 0 fully saturated rings. The average molecular weight is 417 g/mol. The van der Waals surface area contributed by atoms with Gasteiger partial charge in [-0.1, -0.05) is 11.6 Å². The van der Waals surface area contributed by atoms with Crippen molar-refractivity contribution in [2.45, 2.75) is 6.92 Å². The number of nitrogens with zero attached hydrogens (tertiary/aromatic N) is 4. The van der Waals surface area contributed by atoms with Gasteiger partial charge < -0.3 is 4.74 Å². The summed E-state index contributed by atoms with van der Waals surface area (Å²) in [7, 11) is 2.99. The molecule has 4 rings (SSSR count). The first kappa shape index (κ1) is 19.1. The number of fused-ring (bicyclic) bond motifs is 1. The topological polar surface area (TPSA) is 61.4 Å². The SMILES string of the molecule is COC(=O)c1ccn2c(Cl)c(-c3c(F)cc(F)cc3-c3cn(C)nc3C)nc2c1. The fourth-order valence-corrected chi connectivity index (χ4v) is 3.59. The van der Waals surface area contributed by atoms with Crippen molar-refractivity contribution in [1.29, 1.82) is 0 Å². The molecule has 0 bridgehead atoms. The highest BCUT2D eigenvalue weighted by molar-refractivity contribution is 6.32. The number of imidazole rings is 1. The molecular weight excluding hydrogens is 402 g/mol. The molecule has 0 aliphatic carbocycles. The van der Waals surface area contributed by atoms with Gasteiger partial charge in [-0.05, 0) is 25.1 Å². The van der Waals surface area contributed by atoms with Crippen LogP contribution in [-0.2, 0) is 11.8 Å². The van der Waals surface area contributed by atoms with Gasteiger partial charge >= 0.3 is 5.97 Å². The van der Waals surface area contributed by atoms with Crippen LogP contribution >= 0.6 is 11.6 Å². The molecule has 0 amide bonds. The number of benzene rings is 1. The van der Waals surface area contributed by atoms with E-state index in [1.807, 2.05) is 0 Å². The smallest absolute Gasteiger partial charge is 0.338 e. The zero-order valence-electron chi connectivity index (χ0n) is 15.7. The van der Waals surface area contributed by atoms with E-state index in [9.17, 15) is 13.6 Å². The van der Waals surface area contributed by atoms with Gasteiger partial charge in [-0.2, -0.15) is 5.10 Å². The van der Waals surface area contributed by atoms with E-state index >= 15 is 0 Å². The molecule has 0 aliphatic rings. The molecule has 9 heteroatoms. The summed E-state index contributed by atoms with van der Waals surface area (Å²) >= 11 is 6.48. The van der Waals surface area contributed by atoms with Crippen LogP contribution in [-0.4, -0.2) is 32.2 Å². The van der Waals surface area contributed by atoms with E-state index in [-0.39, 0.29) is 27.5 Å². The van der Waals surface area contributed by atoms with Crippen LogP contribution in [0.1, 0.15) is 16.1 Å². The average Bonchev–Trinajstić information content (AvgIpc) is 3.18.